The molecule has 0 bridgehead atoms. The molecule has 0 saturated carbocycles. The molecule has 0 unspecified atom stereocenters. The lowest BCUT2D eigenvalue weighted by atomic mass is 9.77. The molecule has 1 amide bonds. The number of rotatable bonds is 2. The van der Waals surface area contributed by atoms with Gasteiger partial charge in [-0.3, -0.25) is 14.4 Å². The summed E-state index contributed by atoms with van der Waals surface area (Å²) in [5, 5.41) is 46.5. The second-order valence-corrected chi connectivity index (χ2v) is 9.44. The first kappa shape index (κ1) is 23.8. The topological polar surface area (TPSA) is 153 Å². The summed E-state index contributed by atoms with van der Waals surface area (Å²) < 4.78 is 6.02. The van der Waals surface area contributed by atoms with E-state index in [-0.39, 0.29) is 51.3 Å². The number of benzene rings is 3. The molecule has 5 rings (SSSR count). The molecule has 1 aliphatic carbocycles. The van der Waals surface area contributed by atoms with Crippen molar-refractivity contribution >= 4 is 28.2 Å². The van der Waals surface area contributed by atoms with E-state index in [2.05, 4.69) is 5.32 Å². The first-order chi connectivity index (χ1) is 17.0. The molecule has 1 fully saturated rings. The van der Waals surface area contributed by atoms with Crippen LogP contribution < -0.4 is 5.32 Å². The number of aliphatic hydroxyl groups excluding tert-OH is 1. The van der Waals surface area contributed by atoms with Crippen molar-refractivity contribution in [2.75, 3.05) is 0 Å². The van der Waals surface area contributed by atoms with Crippen LogP contribution in [0.5, 0.6) is 17.2 Å². The van der Waals surface area contributed by atoms with Crippen LogP contribution in [-0.4, -0.2) is 56.1 Å². The van der Waals surface area contributed by atoms with Crippen molar-refractivity contribution in [1.29, 1.82) is 0 Å². The third-order valence-corrected chi connectivity index (χ3v) is 6.96. The van der Waals surface area contributed by atoms with E-state index in [1.54, 1.807) is 19.9 Å². The fourth-order valence-corrected chi connectivity index (χ4v) is 5.43. The normalized spacial score (nSPS) is 23.3. The third-order valence-electron chi connectivity index (χ3n) is 6.96. The first-order valence-corrected chi connectivity index (χ1v) is 11.5. The summed E-state index contributed by atoms with van der Waals surface area (Å²) >= 11 is 0. The average molecular weight is 491 g/mol. The minimum Gasteiger partial charge on any atom is -0.507 e. The van der Waals surface area contributed by atoms with Crippen LogP contribution >= 0.6 is 0 Å². The Morgan fingerprint density at radius 2 is 1.75 bits per heavy atom. The maximum absolute atomic E-state index is 13.6. The van der Waals surface area contributed by atoms with E-state index in [1.165, 1.54) is 31.2 Å². The number of carbonyl (C=O) groups is 3. The Labute approximate surface area is 205 Å². The van der Waals surface area contributed by atoms with E-state index in [1.807, 2.05) is 0 Å². The molecule has 1 aliphatic heterocycles. The fourth-order valence-electron chi connectivity index (χ4n) is 5.43. The lowest BCUT2D eigenvalue weighted by molar-refractivity contribution is -0.137. The zero-order chi connectivity index (χ0) is 26.0. The number of hydrogen-bond acceptors (Lipinski definition) is 8. The molecule has 0 radical (unpaired) electrons. The predicted molar refractivity (Wildman–Crippen MR) is 129 cm³/mol. The van der Waals surface area contributed by atoms with Gasteiger partial charge in [0.25, 0.3) is 0 Å². The lowest BCUT2D eigenvalue weighted by Gasteiger charge is -2.39. The molecule has 5 N–H and O–H groups in total. The molecule has 186 valence electrons. The van der Waals surface area contributed by atoms with E-state index < -0.39 is 47.4 Å². The fraction of sp³-hybridized carbons (Fsp3) is 0.296. The van der Waals surface area contributed by atoms with E-state index in [9.17, 15) is 34.8 Å². The molecule has 36 heavy (non-hydrogen) atoms. The molecule has 9 nitrogen and oxygen atoms in total. The molecule has 4 atom stereocenters. The number of ketones is 2. The van der Waals surface area contributed by atoms with Crippen LogP contribution in [0.1, 0.15) is 69.3 Å². The second-order valence-electron chi connectivity index (χ2n) is 9.44. The highest BCUT2D eigenvalue weighted by Crippen LogP contribution is 2.49. The van der Waals surface area contributed by atoms with Crippen LogP contribution in [0.25, 0.3) is 10.8 Å². The first-order valence-electron chi connectivity index (χ1n) is 11.5. The van der Waals surface area contributed by atoms with Gasteiger partial charge in [-0.15, -0.1) is 0 Å². The van der Waals surface area contributed by atoms with Crippen molar-refractivity contribution in [3.05, 3.63) is 63.7 Å². The second kappa shape index (κ2) is 8.32. The highest BCUT2D eigenvalue weighted by Gasteiger charge is 2.42. The Morgan fingerprint density at radius 3 is 2.44 bits per heavy atom. The molecule has 0 aromatic heterocycles. The Bertz CT molecular complexity index is 1480. The number of aromatic hydroxyl groups is 3. The van der Waals surface area contributed by atoms with Gasteiger partial charge in [0.1, 0.15) is 23.4 Å². The van der Waals surface area contributed by atoms with Crippen molar-refractivity contribution < 1.29 is 39.5 Å². The molecule has 1 heterocycles. The number of fused-ring (bicyclic) bond motifs is 4. The van der Waals surface area contributed by atoms with Crippen molar-refractivity contribution in [3.8, 4) is 17.2 Å². The third kappa shape index (κ3) is 3.42. The van der Waals surface area contributed by atoms with Gasteiger partial charge in [0.2, 0.25) is 11.7 Å². The van der Waals surface area contributed by atoms with Crippen molar-refractivity contribution in [3.63, 3.8) is 0 Å². The zero-order valence-corrected chi connectivity index (χ0v) is 19.8. The summed E-state index contributed by atoms with van der Waals surface area (Å²) in [5.41, 5.74) is 0.0275. The Morgan fingerprint density at radius 1 is 1.03 bits per heavy atom. The summed E-state index contributed by atoms with van der Waals surface area (Å²) in [6.07, 6.45) is -2.60. The quantitative estimate of drug-likeness (QED) is 0.287. The maximum atomic E-state index is 13.6. The number of ether oxygens (including phenoxy) is 1. The van der Waals surface area contributed by atoms with Crippen molar-refractivity contribution in [2.24, 2.45) is 0 Å². The van der Waals surface area contributed by atoms with E-state index in [4.69, 9.17) is 4.74 Å². The van der Waals surface area contributed by atoms with Crippen LogP contribution in [0.4, 0.5) is 0 Å². The van der Waals surface area contributed by atoms with E-state index >= 15 is 0 Å². The molecule has 3 aromatic carbocycles. The largest absolute Gasteiger partial charge is 0.507 e. The summed E-state index contributed by atoms with van der Waals surface area (Å²) in [6.45, 7) is 4.67. The van der Waals surface area contributed by atoms with Crippen LogP contribution in [0.2, 0.25) is 0 Å². The van der Waals surface area contributed by atoms with Crippen LogP contribution in [0.15, 0.2) is 30.3 Å². The van der Waals surface area contributed by atoms with Gasteiger partial charge < -0.3 is 30.5 Å². The molecule has 3 aromatic rings. The molecule has 0 spiro atoms. The van der Waals surface area contributed by atoms with Crippen molar-refractivity contribution in [1.82, 2.24) is 5.32 Å². The zero-order valence-electron chi connectivity index (χ0n) is 19.8. The highest BCUT2D eigenvalue weighted by atomic mass is 16.5. The number of phenolic OH excluding ortho intramolecular Hbond substituents is 3. The van der Waals surface area contributed by atoms with E-state index in [0.29, 0.717) is 10.9 Å². The van der Waals surface area contributed by atoms with Crippen LogP contribution in [0.3, 0.4) is 0 Å². The number of aliphatic hydroxyl groups is 1. The van der Waals surface area contributed by atoms with Gasteiger partial charge in [0.05, 0.1) is 29.4 Å². The van der Waals surface area contributed by atoms with Gasteiger partial charge in [-0.05, 0) is 36.9 Å². The molecular formula is C27H25NO8. The Balaban J connectivity index is 1.82. The monoisotopic (exact) mass is 491 g/mol. The van der Waals surface area contributed by atoms with Gasteiger partial charge >= 0.3 is 0 Å². The predicted octanol–water partition coefficient (Wildman–Crippen LogP) is 2.76. The number of amides is 1. The molecular weight excluding hydrogens is 466 g/mol. The standard InChI is InChI=1S/C27H25NO8/c1-10-7-14-19(17(31)8-10)22-23(26(34)20-13(25(22)33)5-4-6-16(20)30)27(35)21(14)18-9-15(28-12(3)29)24(32)11(2)36-18/h4-8,11,15,18,24,30-32,35H,9H2,1-3H3,(H,28,29)/t11-,15-,18-,24-/m1/s1. The summed E-state index contributed by atoms with van der Waals surface area (Å²) in [5.74, 6) is -2.90. The Kier molecular flexibility index (Phi) is 5.50. The summed E-state index contributed by atoms with van der Waals surface area (Å²) in [4.78, 5) is 38.9. The van der Waals surface area contributed by atoms with Gasteiger partial charge in [0.15, 0.2) is 5.78 Å². The lowest BCUT2D eigenvalue weighted by Crippen LogP contribution is -2.52. The van der Waals surface area contributed by atoms with Gasteiger partial charge in [0, 0.05) is 35.4 Å². The number of nitrogens with one attached hydrogen (secondary N) is 1. The van der Waals surface area contributed by atoms with Gasteiger partial charge in [-0.25, -0.2) is 0 Å². The smallest absolute Gasteiger partial charge is 0.217 e. The van der Waals surface area contributed by atoms with Gasteiger partial charge in [-0.1, -0.05) is 18.2 Å². The number of aryl methyl sites for hydroxylation is 1. The highest BCUT2D eigenvalue weighted by molar-refractivity contribution is 6.34. The minimum absolute atomic E-state index is 0.0303. The van der Waals surface area contributed by atoms with Gasteiger partial charge in [-0.2, -0.15) is 0 Å². The summed E-state index contributed by atoms with van der Waals surface area (Å²) in [7, 11) is 0. The SMILES string of the molecule is CC(=O)N[C@@H]1C[C@H](c2c(O)c3c(c4c(O)cc(C)cc24)C(=O)c2cccc(O)c2C3=O)O[C@H](C)[C@H]1O. The molecule has 2 aliphatic rings. The minimum atomic E-state index is -1.02. The average Bonchev–Trinajstić information content (AvgIpc) is 2.79. The van der Waals surface area contributed by atoms with Crippen molar-refractivity contribution in [2.45, 2.75) is 51.5 Å². The number of carbonyl (C=O) groups excluding carboxylic acids is 3. The van der Waals surface area contributed by atoms with Crippen LogP contribution in [-0.2, 0) is 9.53 Å². The maximum Gasteiger partial charge on any atom is 0.217 e. The molecule has 1 saturated heterocycles. The summed E-state index contributed by atoms with van der Waals surface area (Å²) in [6, 6.07) is 6.54. The molecule has 9 heteroatoms. The number of hydrogen-bond donors (Lipinski definition) is 5. The van der Waals surface area contributed by atoms with E-state index in [0.717, 1.165) is 0 Å². The Hall–Kier alpha value is -3.95. The number of phenols is 3. The van der Waals surface area contributed by atoms with Crippen LogP contribution in [0, 0.1) is 6.92 Å².